The molecule has 0 saturated heterocycles. The molecule has 2 aromatic rings. The van der Waals surface area contributed by atoms with Gasteiger partial charge in [-0.05, 0) is 42.5 Å². The van der Waals surface area contributed by atoms with Crippen LogP contribution in [0.25, 0.3) is 0 Å². The highest BCUT2D eigenvalue weighted by Gasteiger charge is 2.09. The molecule has 5 nitrogen and oxygen atoms in total. The van der Waals surface area contributed by atoms with Crippen LogP contribution in [-0.2, 0) is 6.54 Å². The molecule has 128 valence electrons. The standard InChI is InChI=1S/C18H22N2O3S/c1-4-9-23-15-6-5-13(10-16(15)22-2)12-20-18(21)14-7-8-19-17(11-14)24-3/h5-8,10-11H,4,9,12H2,1-3H3,(H,20,21). The second-order valence-corrected chi connectivity index (χ2v) is 5.93. The fourth-order valence-corrected chi connectivity index (χ4v) is 2.51. The van der Waals surface area contributed by atoms with Gasteiger partial charge in [0.05, 0.1) is 18.7 Å². The minimum absolute atomic E-state index is 0.127. The molecule has 0 unspecified atom stereocenters. The van der Waals surface area contributed by atoms with Crippen molar-refractivity contribution in [3.05, 3.63) is 47.7 Å². The average molecular weight is 346 g/mol. The summed E-state index contributed by atoms with van der Waals surface area (Å²) < 4.78 is 11.0. The number of ether oxygens (including phenoxy) is 2. The largest absolute Gasteiger partial charge is 0.493 e. The Morgan fingerprint density at radius 1 is 1.25 bits per heavy atom. The van der Waals surface area contributed by atoms with Crippen molar-refractivity contribution >= 4 is 17.7 Å². The highest BCUT2D eigenvalue weighted by Crippen LogP contribution is 2.28. The first kappa shape index (κ1) is 18.1. The molecular formula is C18H22N2O3S. The van der Waals surface area contributed by atoms with Crippen molar-refractivity contribution in [2.45, 2.75) is 24.9 Å². The highest BCUT2D eigenvalue weighted by molar-refractivity contribution is 7.98. The van der Waals surface area contributed by atoms with Crippen LogP contribution in [0.1, 0.15) is 29.3 Å². The van der Waals surface area contributed by atoms with Crippen molar-refractivity contribution in [3.8, 4) is 11.5 Å². The van der Waals surface area contributed by atoms with Gasteiger partial charge in [-0.3, -0.25) is 4.79 Å². The second-order valence-electron chi connectivity index (χ2n) is 5.10. The Balaban J connectivity index is 2.01. The van der Waals surface area contributed by atoms with Gasteiger partial charge >= 0.3 is 0 Å². The maximum Gasteiger partial charge on any atom is 0.251 e. The molecule has 0 spiro atoms. The molecule has 1 aromatic heterocycles. The molecule has 0 aliphatic carbocycles. The number of amides is 1. The molecule has 0 aliphatic rings. The molecule has 0 bridgehead atoms. The van der Waals surface area contributed by atoms with Crippen LogP contribution in [-0.4, -0.2) is 30.9 Å². The van der Waals surface area contributed by atoms with Crippen LogP contribution < -0.4 is 14.8 Å². The predicted molar refractivity (Wildman–Crippen MR) is 96.0 cm³/mol. The van der Waals surface area contributed by atoms with Crippen molar-refractivity contribution in [2.24, 2.45) is 0 Å². The number of methoxy groups -OCH3 is 1. The average Bonchev–Trinajstić information content (AvgIpc) is 2.64. The molecule has 1 N–H and O–H groups in total. The zero-order chi connectivity index (χ0) is 17.4. The minimum atomic E-state index is -0.127. The van der Waals surface area contributed by atoms with Gasteiger partial charge < -0.3 is 14.8 Å². The number of nitrogens with zero attached hydrogens (tertiary/aromatic N) is 1. The van der Waals surface area contributed by atoms with E-state index < -0.39 is 0 Å². The third-order valence-electron chi connectivity index (χ3n) is 3.35. The summed E-state index contributed by atoms with van der Waals surface area (Å²) in [6.45, 7) is 3.12. The van der Waals surface area contributed by atoms with Crippen LogP contribution in [0.3, 0.4) is 0 Å². The molecule has 24 heavy (non-hydrogen) atoms. The summed E-state index contributed by atoms with van der Waals surface area (Å²) in [7, 11) is 1.61. The third-order valence-corrected chi connectivity index (χ3v) is 3.99. The number of thioether (sulfide) groups is 1. The molecule has 0 fully saturated rings. The zero-order valence-corrected chi connectivity index (χ0v) is 15.0. The summed E-state index contributed by atoms with van der Waals surface area (Å²) >= 11 is 1.51. The Hall–Kier alpha value is -2.21. The van der Waals surface area contributed by atoms with Gasteiger partial charge in [-0.2, -0.15) is 0 Å². The number of hydrogen-bond acceptors (Lipinski definition) is 5. The van der Waals surface area contributed by atoms with Crippen molar-refractivity contribution < 1.29 is 14.3 Å². The van der Waals surface area contributed by atoms with Crippen molar-refractivity contribution in [1.82, 2.24) is 10.3 Å². The van der Waals surface area contributed by atoms with Crippen LogP contribution in [0.15, 0.2) is 41.6 Å². The lowest BCUT2D eigenvalue weighted by Gasteiger charge is -2.12. The smallest absolute Gasteiger partial charge is 0.251 e. The molecule has 1 heterocycles. The van der Waals surface area contributed by atoms with E-state index in [0.717, 1.165) is 17.0 Å². The zero-order valence-electron chi connectivity index (χ0n) is 14.2. The first-order valence-electron chi connectivity index (χ1n) is 7.76. The van der Waals surface area contributed by atoms with E-state index in [0.29, 0.717) is 30.2 Å². The fourth-order valence-electron chi connectivity index (χ4n) is 2.10. The number of carbonyl (C=O) groups is 1. The van der Waals surface area contributed by atoms with E-state index in [-0.39, 0.29) is 5.91 Å². The van der Waals surface area contributed by atoms with Crippen molar-refractivity contribution in [3.63, 3.8) is 0 Å². The minimum Gasteiger partial charge on any atom is -0.493 e. The normalized spacial score (nSPS) is 10.3. The summed E-state index contributed by atoms with van der Waals surface area (Å²) in [5.41, 5.74) is 1.55. The Labute approximate surface area is 146 Å². The number of rotatable bonds is 8. The molecule has 6 heteroatoms. The number of nitrogens with one attached hydrogen (secondary N) is 1. The van der Waals surface area contributed by atoms with Gasteiger partial charge in [-0.25, -0.2) is 4.98 Å². The van der Waals surface area contributed by atoms with E-state index >= 15 is 0 Å². The summed E-state index contributed by atoms with van der Waals surface area (Å²) in [6, 6.07) is 9.16. The van der Waals surface area contributed by atoms with Crippen LogP contribution >= 0.6 is 11.8 Å². The highest BCUT2D eigenvalue weighted by atomic mass is 32.2. The van der Waals surface area contributed by atoms with Gasteiger partial charge in [0.25, 0.3) is 5.91 Å². The molecule has 0 atom stereocenters. The van der Waals surface area contributed by atoms with Gasteiger partial charge in [0.1, 0.15) is 0 Å². The number of carbonyl (C=O) groups excluding carboxylic acids is 1. The van der Waals surface area contributed by atoms with E-state index in [4.69, 9.17) is 9.47 Å². The summed E-state index contributed by atoms with van der Waals surface area (Å²) in [4.78, 5) is 16.4. The molecule has 0 radical (unpaired) electrons. The number of hydrogen-bond donors (Lipinski definition) is 1. The monoisotopic (exact) mass is 346 g/mol. The Morgan fingerprint density at radius 3 is 2.79 bits per heavy atom. The molecule has 2 rings (SSSR count). The van der Waals surface area contributed by atoms with Gasteiger partial charge in [0, 0.05) is 18.3 Å². The summed E-state index contributed by atoms with van der Waals surface area (Å²) in [5, 5.41) is 3.73. The van der Waals surface area contributed by atoms with Gasteiger partial charge in [-0.15, -0.1) is 11.8 Å². The predicted octanol–water partition coefficient (Wildman–Crippen LogP) is 3.53. The van der Waals surface area contributed by atoms with E-state index in [2.05, 4.69) is 17.2 Å². The number of aromatic nitrogens is 1. The van der Waals surface area contributed by atoms with E-state index in [1.165, 1.54) is 11.8 Å². The fraction of sp³-hybridized carbons (Fsp3) is 0.333. The second kappa shape index (κ2) is 9.17. The molecule has 0 aliphatic heterocycles. The first-order valence-corrected chi connectivity index (χ1v) is 8.98. The Bertz CT molecular complexity index is 692. The molecular weight excluding hydrogens is 324 g/mol. The quantitative estimate of drug-likeness (QED) is 0.741. The van der Waals surface area contributed by atoms with Crippen LogP contribution in [0.2, 0.25) is 0 Å². The van der Waals surface area contributed by atoms with Gasteiger partial charge in [0.2, 0.25) is 0 Å². The number of pyridine rings is 1. The lowest BCUT2D eigenvalue weighted by atomic mass is 10.2. The van der Waals surface area contributed by atoms with Crippen LogP contribution in [0, 0.1) is 0 Å². The van der Waals surface area contributed by atoms with Crippen LogP contribution in [0.5, 0.6) is 11.5 Å². The number of benzene rings is 1. The molecule has 1 aromatic carbocycles. The van der Waals surface area contributed by atoms with Gasteiger partial charge in [-0.1, -0.05) is 13.0 Å². The topological polar surface area (TPSA) is 60.5 Å². The lowest BCUT2D eigenvalue weighted by Crippen LogP contribution is -2.22. The summed E-state index contributed by atoms with van der Waals surface area (Å²) in [5.74, 6) is 1.26. The SMILES string of the molecule is CCCOc1ccc(CNC(=O)c2ccnc(SC)c2)cc1OC. The maximum atomic E-state index is 12.2. The molecule has 0 saturated carbocycles. The van der Waals surface area contributed by atoms with E-state index in [1.807, 2.05) is 24.5 Å². The van der Waals surface area contributed by atoms with E-state index in [1.54, 1.807) is 25.4 Å². The maximum absolute atomic E-state index is 12.2. The summed E-state index contributed by atoms with van der Waals surface area (Å²) in [6.07, 6.45) is 4.51. The Morgan fingerprint density at radius 2 is 2.08 bits per heavy atom. The lowest BCUT2D eigenvalue weighted by molar-refractivity contribution is 0.0950. The third kappa shape index (κ3) is 4.89. The van der Waals surface area contributed by atoms with Crippen molar-refractivity contribution in [1.29, 1.82) is 0 Å². The molecule has 1 amide bonds. The van der Waals surface area contributed by atoms with Crippen molar-refractivity contribution in [2.75, 3.05) is 20.0 Å². The van der Waals surface area contributed by atoms with E-state index in [9.17, 15) is 4.79 Å². The van der Waals surface area contributed by atoms with Crippen LogP contribution in [0.4, 0.5) is 0 Å². The first-order chi connectivity index (χ1) is 11.7. The Kier molecular flexibility index (Phi) is 6.93. The van der Waals surface area contributed by atoms with Gasteiger partial charge in [0.15, 0.2) is 11.5 Å².